The first-order chi connectivity index (χ1) is 12.2. The van der Waals surface area contributed by atoms with E-state index in [1.165, 1.54) is 17.0 Å². The van der Waals surface area contributed by atoms with Crippen molar-refractivity contribution in [3.8, 4) is 0 Å². The van der Waals surface area contributed by atoms with Gasteiger partial charge in [-0.05, 0) is 56.6 Å². The third-order valence-electron chi connectivity index (χ3n) is 5.21. The van der Waals surface area contributed by atoms with E-state index in [0.29, 0.717) is 5.92 Å². The molecule has 1 saturated heterocycles. The van der Waals surface area contributed by atoms with Crippen molar-refractivity contribution in [3.05, 3.63) is 53.6 Å². The van der Waals surface area contributed by atoms with Crippen LogP contribution in [-0.4, -0.2) is 37.7 Å². The molecule has 1 aliphatic rings. The Morgan fingerprint density at radius 2 is 2.00 bits per heavy atom. The number of aryl methyl sites for hydroxylation is 2. The van der Waals surface area contributed by atoms with E-state index in [4.69, 9.17) is 4.98 Å². The summed E-state index contributed by atoms with van der Waals surface area (Å²) in [5, 5.41) is 5.68. The smallest absolute Gasteiger partial charge is 0.159 e. The largest absolute Gasteiger partial charge is 0.299 e. The van der Waals surface area contributed by atoms with Crippen molar-refractivity contribution in [2.24, 2.45) is 7.05 Å². The number of hydrogen-bond donors (Lipinski definition) is 0. The number of hydrogen-bond acceptors (Lipinski definition) is 4. The number of pyridine rings is 2. The van der Waals surface area contributed by atoms with Gasteiger partial charge in [0, 0.05) is 48.5 Å². The van der Waals surface area contributed by atoms with Gasteiger partial charge in [-0.1, -0.05) is 6.92 Å². The van der Waals surface area contributed by atoms with E-state index in [1.54, 1.807) is 0 Å². The van der Waals surface area contributed by atoms with Crippen LogP contribution in [0, 0.1) is 0 Å². The van der Waals surface area contributed by atoms with Gasteiger partial charge >= 0.3 is 0 Å². The van der Waals surface area contributed by atoms with Gasteiger partial charge < -0.3 is 0 Å². The molecule has 0 atom stereocenters. The molecule has 25 heavy (non-hydrogen) atoms. The lowest BCUT2D eigenvalue weighted by Crippen LogP contribution is -2.32. The summed E-state index contributed by atoms with van der Waals surface area (Å²) in [7, 11) is 2.01. The zero-order chi connectivity index (χ0) is 17.2. The first-order valence-electron chi connectivity index (χ1n) is 9.18. The van der Waals surface area contributed by atoms with Gasteiger partial charge in [0.25, 0.3) is 0 Å². The third kappa shape index (κ3) is 3.42. The van der Waals surface area contributed by atoms with Crippen LogP contribution in [0.1, 0.15) is 42.6 Å². The van der Waals surface area contributed by atoms with Gasteiger partial charge in [0.05, 0.1) is 5.69 Å². The van der Waals surface area contributed by atoms with E-state index in [1.807, 2.05) is 24.0 Å². The summed E-state index contributed by atoms with van der Waals surface area (Å²) in [6.07, 6.45) is 7.31. The van der Waals surface area contributed by atoms with Gasteiger partial charge in [-0.2, -0.15) is 5.10 Å². The molecule has 5 heteroatoms. The normalized spacial score (nSPS) is 16.6. The minimum Gasteiger partial charge on any atom is -0.299 e. The fraction of sp³-hybridized carbons (Fsp3) is 0.450. The molecule has 0 aliphatic carbocycles. The molecule has 3 aromatic rings. The Bertz CT molecular complexity index is 861. The summed E-state index contributed by atoms with van der Waals surface area (Å²) in [5.41, 5.74) is 4.66. The van der Waals surface area contributed by atoms with E-state index in [-0.39, 0.29) is 0 Å². The topological polar surface area (TPSA) is 46.8 Å². The van der Waals surface area contributed by atoms with Crippen molar-refractivity contribution in [3.63, 3.8) is 0 Å². The highest BCUT2D eigenvalue weighted by molar-refractivity contribution is 5.74. The molecule has 0 aromatic carbocycles. The summed E-state index contributed by atoms with van der Waals surface area (Å²) in [4.78, 5) is 11.7. The molecule has 0 radical (unpaired) electrons. The Kier molecular flexibility index (Phi) is 4.49. The van der Waals surface area contributed by atoms with E-state index in [9.17, 15) is 0 Å². The van der Waals surface area contributed by atoms with Crippen LogP contribution >= 0.6 is 0 Å². The Morgan fingerprint density at radius 3 is 2.80 bits per heavy atom. The van der Waals surface area contributed by atoms with Crippen molar-refractivity contribution < 1.29 is 0 Å². The van der Waals surface area contributed by atoms with Crippen LogP contribution in [0.5, 0.6) is 0 Å². The molecule has 0 unspecified atom stereocenters. The van der Waals surface area contributed by atoms with Gasteiger partial charge in [-0.3, -0.25) is 9.58 Å². The predicted molar refractivity (Wildman–Crippen MR) is 99.4 cm³/mol. The number of fused-ring (bicyclic) bond motifs is 1. The van der Waals surface area contributed by atoms with Crippen molar-refractivity contribution in [1.29, 1.82) is 0 Å². The quantitative estimate of drug-likeness (QED) is 0.734. The summed E-state index contributed by atoms with van der Waals surface area (Å²) >= 11 is 0. The van der Waals surface area contributed by atoms with E-state index < -0.39 is 0 Å². The molecule has 1 aliphatic heterocycles. The Morgan fingerprint density at radius 1 is 1.16 bits per heavy atom. The molecular weight excluding hydrogens is 310 g/mol. The van der Waals surface area contributed by atoms with Gasteiger partial charge in [0.15, 0.2) is 5.65 Å². The number of nitrogens with zero attached hydrogens (tertiary/aromatic N) is 5. The second-order valence-electron chi connectivity index (χ2n) is 6.96. The maximum atomic E-state index is 4.80. The average Bonchev–Trinajstić information content (AvgIpc) is 3.01. The maximum Gasteiger partial charge on any atom is 0.159 e. The van der Waals surface area contributed by atoms with Crippen molar-refractivity contribution >= 4 is 11.0 Å². The predicted octanol–water partition coefficient (Wildman–Crippen LogP) is 3.31. The van der Waals surface area contributed by atoms with Gasteiger partial charge in [0.1, 0.15) is 0 Å². The first-order valence-corrected chi connectivity index (χ1v) is 9.18. The number of likely N-dealkylation sites (tertiary alicyclic amines) is 1. The van der Waals surface area contributed by atoms with Gasteiger partial charge in [0.2, 0.25) is 0 Å². The van der Waals surface area contributed by atoms with Crippen LogP contribution < -0.4 is 0 Å². The fourth-order valence-corrected chi connectivity index (χ4v) is 3.84. The molecule has 4 heterocycles. The minimum atomic E-state index is 0.544. The zero-order valence-electron chi connectivity index (χ0n) is 15.0. The molecule has 4 rings (SSSR count). The number of aromatic nitrogens is 4. The Balaban J connectivity index is 1.42. The Hall–Kier alpha value is -2.27. The number of rotatable bonds is 4. The summed E-state index contributed by atoms with van der Waals surface area (Å²) in [5.74, 6) is 0.544. The van der Waals surface area contributed by atoms with Crippen molar-refractivity contribution in [1.82, 2.24) is 24.6 Å². The average molecular weight is 335 g/mol. The molecule has 1 fully saturated rings. The van der Waals surface area contributed by atoms with Crippen LogP contribution in [-0.2, 0) is 20.0 Å². The highest BCUT2D eigenvalue weighted by atomic mass is 15.3. The molecule has 0 N–H and O–H groups in total. The SMILES string of the molecule is CCc1nn(C)cc1CN1CCC(c2ccc3cccnc3n2)CC1. The minimum absolute atomic E-state index is 0.544. The molecular formula is C20H25N5. The molecule has 0 bridgehead atoms. The van der Waals surface area contributed by atoms with E-state index in [2.05, 4.69) is 46.3 Å². The summed E-state index contributed by atoms with van der Waals surface area (Å²) in [6, 6.07) is 8.37. The first kappa shape index (κ1) is 16.2. The standard InChI is InChI=1S/C20H25N5/c1-3-18-17(13-24(2)23-18)14-25-11-8-15(9-12-25)19-7-6-16-5-4-10-21-20(16)22-19/h4-7,10,13,15H,3,8-9,11-12,14H2,1-2H3. The molecule has 0 saturated carbocycles. The van der Waals surface area contributed by atoms with E-state index in [0.717, 1.165) is 49.9 Å². The van der Waals surface area contributed by atoms with Gasteiger partial charge in [-0.25, -0.2) is 9.97 Å². The summed E-state index contributed by atoms with van der Waals surface area (Å²) in [6.45, 7) is 5.42. The second kappa shape index (κ2) is 6.92. The molecule has 0 amide bonds. The van der Waals surface area contributed by atoms with Gasteiger partial charge in [-0.15, -0.1) is 0 Å². The van der Waals surface area contributed by atoms with Crippen LogP contribution in [0.4, 0.5) is 0 Å². The summed E-state index contributed by atoms with van der Waals surface area (Å²) < 4.78 is 1.94. The maximum absolute atomic E-state index is 4.80. The molecule has 3 aromatic heterocycles. The Labute approximate surface area is 148 Å². The van der Waals surface area contributed by atoms with E-state index >= 15 is 0 Å². The lowest BCUT2D eigenvalue weighted by molar-refractivity contribution is 0.203. The lowest BCUT2D eigenvalue weighted by Gasteiger charge is -2.31. The molecule has 5 nitrogen and oxygen atoms in total. The van der Waals surface area contributed by atoms with Crippen molar-refractivity contribution in [2.75, 3.05) is 13.1 Å². The van der Waals surface area contributed by atoms with Crippen molar-refractivity contribution in [2.45, 2.75) is 38.6 Å². The van der Waals surface area contributed by atoms with Crippen LogP contribution in [0.2, 0.25) is 0 Å². The monoisotopic (exact) mass is 335 g/mol. The number of piperidine rings is 1. The lowest BCUT2D eigenvalue weighted by atomic mass is 9.92. The highest BCUT2D eigenvalue weighted by Gasteiger charge is 2.23. The zero-order valence-corrected chi connectivity index (χ0v) is 15.0. The highest BCUT2D eigenvalue weighted by Crippen LogP contribution is 2.28. The third-order valence-corrected chi connectivity index (χ3v) is 5.21. The van der Waals surface area contributed by atoms with Crippen LogP contribution in [0.15, 0.2) is 36.7 Å². The van der Waals surface area contributed by atoms with Crippen LogP contribution in [0.25, 0.3) is 11.0 Å². The fourth-order valence-electron chi connectivity index (χ4n) is 3.84. The van der Waals surface area contributed by atoms with Crippen LogP contribution in [0.3, 0.4) is 0 Å². The second-order valence-corrected chi connectivity index (χ2v) is 6.96. The molecule has 0 spiro atoms. The molecule has 130 valence electrons.